The second-order valence-electron chi connectivity index (χ2n) is 4.34. The van der Waals surface area contributed by atoms with Gasteiger partial charge in [-0.25, -0.2) is 8.42 Å². The number of sulfone groups is 1. The van der Waals surface area contributed by atoms with Gasteiger partial charge in [0.15, 0.2) is 9.84 Å². The molecular weight excluding hydrogens is 274 g/mol. The lowest BCUT2D eigenvalue weighted by Gasteiger charge is -2.04. The number of pyridine rings is 1. The molecule has 2 aromatic rings. The lowest BCUT2D eigenvalue weighted by molar-refractivity contribution is 0.602. The molecule has 6 heteroatoms. The summed E-state index contributed by atoms with van der Waals surface area (Å²) in [5.74, 6) is 0. The van der Waals surface area contributed by atoms with E-state index < -0.39 is 9.84 Å². The van der Waals surface area contributed by atoms with Crippen molar-refractivity contribution in [3.8, 4) is 0 Å². The Labute approximate surface area is 118 Å². The van der Waals surface area contributed by atoms with Gasteiger partial charge in [-0.3, -0.25) is 10.4 Å². The zero-order valence-electron chi connectivity index (χ0n) is 11.2. The normalized spacial score (nSPS) is 12.2. The fraction of sp³-hybridized carbons (Fsp3) is 0.143. The van der Waals surface area contributed by atoms with Crippen molar-refractivity contribution in [1.82, 2.24) is 4.98 Å². The lowest BCUT2D eigenvalue weighted by Crippen LogP contribution is -2.00. The minimum Gasteiger partial charge on any atom is -0.278 e. The summed E-state index contributed by atoms with van der Waals surface area (Å²) in [6.07, 6.45) is 4.59. The zero-order valence-corrected chi connectivity index (χ0v) is 12.1. The molecule has 1 aromatic carbocycles. The molecule has 0 bridgehead atoms. The zero-order chi connectivity index (χ0) is 14.6. The van der Waals surface area contributed by atoms with Crippen LogP contribution >= 0.6 is 0 Å². The second kappa shape index (κ2) is 5.83. The molecule has 20 heavy (non-hydrogen) atoms. The Balaban J connectivity index is 2.12. The third-order valence-electron chi connectivity index (χ3n) is 2.73. The number of aromatic nitrogens is 1. The van der Waals surface area contributed by atoms with Crippen molar-refractivity contribution in [3.63, 3.8) is 0 Å². The van der Waals surface area contributed by atoms with Crippen LogP contribution in [0.5, 0.6) is 0 Å². The van der Waals surface area contributed by atoms with E-state index in [1.807, 2.05) is 19.1 Å². The number of nitrogens with zero attached hydrogens (tertiary/aromatic N) is 2. The SMILES string of the molecule is C/C(=N\Nc1ccc(S(C)(=O)=O)cc1)c1ccncc1. The van der Waals surface area contributed by atoms with Crippen molar-refractivity contribution in [3.05, 3.63) is 54.4 Å². The molecule has 1 N–H and O–H groups in total. The van der Waals surface area contributed by atoms with Gasteiger partial charge in [0, 0.05) is 24.2 Å². The van der Waals surface area contributed by atoms with E-state index in [1.54, 1.807) is 36.7 Å². The monoisotopic (exact) mass is 289 g/mol. The smallest absolute Gasteiger partial charge is 0.175 e. The van der Waals surface area contributed by atoms with Crippen molar-refractivity contribution in [2.24, 2.45) is 5.10 Å². The summed E-state index contributed by atoms with van der Waals surface area (Å²) in [5, 5.41) is 4.25. The largest absolute Gasteiger partial charge is 0.278 e. The Hall–Kier alpha value is -2.21. The summed E-state index contributed by atoms with van der Waals surface area (Å²) in [6.45, 7) is 1.88. The van der Waals surface area contributed by atoms with Gasteiger partial charge in [-0.1, -0.05) is 0 Å². The van der Waals surface area contributed by atoms with E-state index in [-0.39, 0.29) is 4.90 Å². The van der Waals surface area contributed by atoms with E-state index in [1.165, 1.54) is 6.26 Å². The molecule has 0 aliphatic carbocycles. The van der Waals surface area contributed by atoms with Crippen LogP contribution < -0.4 is 5.43 Å². The highest BCUT2D eigenvalue weighted by Gasteiger charge is 2.05. The number of hydrogen-bond acceptors (Lipinski definition) is 5. The van der Waals surface area contributed by atoms with Gasteiger partial charge in [0.25, 0.3) is 0 Å². The molecule has 0 atom stereocenters. The summed E-state index contributed by atoms with van der Waals surface area (Å²) in [7, 11) is -3.16. The highest BCUT2D eigenvalue weighted by atomic mass is 32.2. The van der Waals surface area contributed by atoms with Gasteiger partial charge in [-0.2, -0.15) is 5.10 Å². The van der Waals surface area contributed by atoms with Crippen molar-refractivity contribution >= 4 is 21.2 Å². The number of benzene rings is 1. The predicted octanol–water partition coefficient (Wildman–Crippen LogP) is 2.32. The molecule has 1 heterocycles. The maximum atomic E-state index is 11.3. The van der Waals surface area contributed by atoms with Gasteiger partial charge >= 0.3 is 0 Å². The Kier molecular flexibility index (Phi) is 4.14. The van der Waals surface area contributed by atoms with E-state index in [0.29, 0.717) is 0 Å². The molecule has 0 unspecified atom stereocenters. The van der Waals surface area contributed by atoms with E-state index in [9.17, 15) is 8.42 Å². The number of hydrazone groups is 1. The van der Waals surface area contributed by atoms with Crippen LogP contribution in [0.25, 0.3) is 0 Å². The molecule has 0 fully saturated rings. The minimum absolute atomic E-state index is 0.290. The number of anilines is 1. The first kappa shape index (κ1) is 14.2. The number of hydrogen-bond donors (Lipinski definition) is 1. The van der Waals surface area contributed by atoms with Gasteiger partial charge < -0.3 is 0 Å². The Morgan fingerprint density at radius 3 is 2.25 bits per heavy atom. The van der Waals surface area contributed by atoms with Crippen molar-refractivity contribution in [2.75, 3.05) is 11.7 Å². The molecule has 0 saturated carbocycles. The van der Waals surface area contributed by atoms with Gasteiger partial charge in [-0.15, -0.1) is 0 Å². The van der Waals surface area contributed by atoms with Crippen LogP contribution in [0.2, 0.25) is 0 Å². The molecule has 1 aromatic heterocycles. The summed E-state index contributed by atoms with van der Waals surface area (Å²) >= 11 is 0. The summed E-state index contributed by atoms with van der Waals surface area (Å²) < 4.78 is 22.7. The first-order valence-corrected chi connectivity index (χ1v) is 7.87. The van der Waals surface area contributed by atoms with Crippen LogP contribution in [-0.2, 0) is 9.84 Å². The third kappa shape index (κ3) is 3.64. The van der Waals surface area contributed by atoms with Crippen LogP contribution in [0.1, 0.15) is 12.5 Å². The lowest BCUT2D eigenvalue weighted by atomic mass is 10.2. The molecule has 104 valence electrons. The van der Waals surface area contributed by atoms with Crippen LogP contribution in [0.3, 0.4) is 0 Å². The fourth-order valence-corrected chi connectivity index (χ4v) is 2.21. The first-order chi connectivity index (χ1) is 9.47. The van der Waals surface area contributed by atoms with Gasteiger partial charge in [0.2, 0.25) is 0 Å². The van der Waals surface area contributed by atoms with Gasteiger partial charge in [-0.05, 0) is 43.3 Å². The quantitative estimate of drug-likeness (QED) is 0.692. The molecule has 0 amide bonds. The highest BCUT2D eigenvalue weighted by molar-refractivity contribution is 7.90. The molecule has 0 radical (unpaired) electrons. The maximum Gasteiger partial charge on any atom is 0.175 e. The molecule has 2 rings (SSSR count). The minimum atomic E-state index is -3.16. The van der Waals surface area contributed by atoms with Gasteiger partial charge in [0.05, 0.1) is 16.3 Å². The molecule has 5 nitrogen and oxygen atoms in total. The average molecular weight is 289 g/mol. The second-order valence-corrected chi connectivity index (χ2v) is 6.36. The van der Waals surface area contributed by atoms with Crippen molar-refractivity contribution < 1.29 is 8.42 Å². The topological polar surface area (TPSA) is 71.4 Å². The summed E-state index contributed by atoms with van der Waals surface area (Å²) in [6, 6.07) is 10.2. The summed E-state index contributed by atoms with van der Waals surface area (Å²) in [4.78, 5) is 4.24. The maximum absolute atomic E-state index is 11.3. The number of nitrogens with one attached hydrogen (secondary N) is 1. The average Bonchev–Trinajstić information content (AvgIpc) is 2.45. The van der Waals surface area contributed by atoms with E-state index in [4.69, 9.17) is 0 Å². The number of rotatable bonds is 4. The van der Waals surface area contributed by atoms with Crippen LogP contribution in [0.4, 0.5) is 5.69 Å². The van der Waals surface area contributed by atoms with Crippen LogP contribution in [0, 0.1) is 0 Å². The van der Waals surface area contributed by atoms with E-state index in [2.05, 4.69) is 15.5 Å². The van der Waals surface area contributed by atoms with E-state index >= 15 is 0 Å². The molecule has 0 aliphatic rings. The van der Waals surface area contributed by atoms with Crippen LogP contribution in [0.15, 0.2) is 58.8 Å². The molecular formula is C14H15N3O2S. The van der Waals surface area contributed by atoms with Gasteiger partial charge in [0.1, 0.15) is 0 Å². The Bertz CT molecular complexity index is 708. The Morgan fingerprint density at radius 1 is 1.10 bits per heavy atom. The fourth-order valence-electron chi connectivity index (χ4n) is 1.58. The molecule has 0 spiro atoms. The predicted molar refractivity (Wildman–Crippen MR) is 79.6 cm³/mol. The standard InChI is InChI=1S/C14H15N3O2S/c1-11(12-7-9-15-10-8-12)16-17-13-3-5-14(6-4-13)20(2,18)19/h3-10,17H,1-2H3/b16-11+. The molecule has 0 aliphatic heterocycles. The third-order valence-corrected chi connectivity index (χ3v) is 3.86. The highest BCUT2D eigenvalue weighted by Crippen LogP contribution is 2.14. The van der Waals surface area contributed by atoms with Crippen molar-refractivity contribution in [1.29, 1.82) is 0 Å². The van der Waals surface area contributed by atoms with Crippen molar-refractivity contribution in [2.45, 2.75) is 11.8 Å². The summed E-state index contributed by atoms with van der Waals surface area (Å²) in [5.41, 5.74) is 5.41. The Morgan fingerprint density at radius 2 is 1.70 bits per heavy atom. The van der Waals surface area contributed by atoms with Crippen LogP contribution in [-0.4, -0.2) is 25.4 Å². The van der Waals surface area contributed by atoms with E-state index in [0.717, 1.165) is 17.0 Å². The molecule has 0 saturated heterocycles. The first-order valence-electron chi connectivity index (χ1n) is 5.97.